The molecular weight excluding hydrogens is 427 g/mol. The van der Waals surface area contributed by atoms with Crippen LogP contribution < -0.4 is 16.0 Å². The van der Waals surface area contributed by atoms with Gasteiger partial charge in [0, 0.05) is 0 Å². The SMILES string of the molecule is O=C(CN1C(=O)NC(c2ccccc2)(c2ccccc2)C1=O)NC(=O)Nc1ccccc1F. The zero-order valence-corrected chi connectivity index (χ0v) is 17.2. The predicted octanol–water partition coefficient (Wildman–Crippen LogP) is 2.97. The zero-order valence-electron chi connectivity index (χ0n) is 17.2. The van der Waals surface area contributed by atoms with E-state index in [1.165, 1.54) is 18.2 Å². The summed E-state index contributed by atoms with van der Waals surface area (Å²) < 4.78 is 13.7. The topological polar surface area (TPSA) is 108 Å². The Morgan fingerprint density at radius 2 is 1.39 bits per heavy atom. The third-order valence-corrected chi connectivity index (χ3v) is 5.20. The highest BCUT2D eigenvalue weighted by Gasteiger charge is 2.54. The Kier molecular flexibility index (Phi) is 5.86. The summed E-state index contributed by atoms with van der Waals surface area (Å²) >= 11 is 0. The molecule has 3 aromatic rings. The Labute approximate surface area is 188 Å². The molecule has 9 heteroatoms. The van der Waals surface area contributed by atoms with Gasteiger partial charge in [0.05, 0.1) is 5.69 Å². The summed E-state index contributed by atoms with van der Waals surface area (Å²) in [5, 5.41) is 6.92. The van der Waals surface area contributed by atoms with Crippen molar-refractivity contribution in [2.75, 3.05) is 11.9 Å². The summed E-state index contributed by atoms with van der Waals surface area (Å²) in [6, 6.07) is 21.0. The van der Waals surface area contributed by atoms with E-state index in [4.69, 9.17) is 0 Å². The number of urea groups is 2. The number of para-hydroxylation sites is 1. The lowest BCUT2D eigenvalue weighted by Crippen LogP contribution is -2.47. The molecule has 4 rings (SSSR count). The summed E-state index contributed by atoms with van der Waals surface area (Å²) in [5.41, 5.74) is -0.593. The molecule has 0 aromatic heterocycles. The average molecular weight is 446 g/mol. The lowest BCUT2D eigenvalue weighted by molar-refractivity contribution is -0.133. The number of carbonyl (C=O) groups is 4. The van der Waals surface area contributed by atoms with Gasteiger partial charge in [-0.1, -0.05) is 72.8 Å². The molecule has 1 heterocycles. The van der Waals surface area contributed by atoms with Gasteiger partial charge in [-0.15, -0.1) is 0 Å². The fraction of sp³-hybridized carbons (Fsp3) is 0.0833. The Bertz CT molecular complexity index is 1180. The van der Waals surface area contributed by atoms with Crippen LogP contribution in [0.4, 0.5) is 19.7 Å². The molecule has 0 unspecified atom stereocenters. The van der Waals surface area contributed by atoms with Crippen LogP contribution in [-0.4, -0.2) is 35.3 Å². The predicted molar refractivity (Wildman–Crippen MR) is 117 cm³/mol. The standard InChI is InChI=1S/C24H19FN4O4/c25-18-13-7-8-14-19(18)26-22(32)27-20(30)15-29-21(31)24(28-23(29)33,16-9-3-1-4-10-16)17-11-5-2-6-12-17/h1-14H,15H2,(H,28,33)(H2,26,27,30,32). The van der Waals surface area contributed by atoms with E-state index in [9.17, 15) is 23.6 Å². The number of hydrogen-bond acceptors (Lipinski definition) is 4. The van der Waals surface area contributed by atoms with Crippen molar-refractivity contribution < 1.29 is 23.6 Å². The minimum absolute atomic E-state index is 0.120. The van der Waals surface area contributed by atoms with Crippen molar-refractivity contribution in [2.45, 2.75) is 5.54 Å². The number of rotatable bonds is 5. The number of anilines is 1. The maximum Gasteiger partial charge on any atom is 0.326 e. The molecular formula is C24H19FN4O4. The van der Waals surface area contributed by atoms with Crippen molar-refractivity contribution in [1.82, 2.24) is 15.5 Å². The Morgan fingerprint density at radius 3 is 1.97 bits per heavy atom. The molecule has 33 heavy (non-hydrogen) atoms. The van der Waals surface area contributed by atoms with E-state index in [1.807, 2.05) is 5.32 Å². The Morgan fingerprint density at radius 1 is 0.848 bits per heavy atom. The lowest BCUT2D eigenvalue weighted by atomic mass is 9.82. The fourth-order valence-electron chi connectivity index (χ4n) is 3.68. The zero-order chi connectivity index (χ0) is 23.4. The highest BCUT2D eigenvalue weighted by atomic mass is 19.1. The highest BCUT2D eigenvalue weighted by molar-refractivity contribution is 6.12. The van der Waals surface area contributed by atoms with Gasteiger partial charge in [-0.3, -0.25) is 19.8 Å². The number of nitrogens with zero attached hydrogens (tertiary/aromatic N) is 1. The van der Waals surface area contributed by atoms with Gasteiger partial charge in [-0.2, -0.15) is 0 Å². The van der Waals surface area contributed by atoms with Crippen molar-refractivity contribution in [2.24, 2.45) is 0 Å². The third kappa shape index (κ3) is 4.16. The van der Waals surface area contributed by atoms with Crippen molar-refractivity contribution in [1.29, 1.82) is 0 Å². The first kappa shape index (κ1) is 21.7. The van der Waals surface area contributed by atoms with Gasteiger partial charge < -0.3 is 10.6 Å². The summed E-state index contributed by atoms with van der Waals surface area (Å²) in [5.74, 6) is -2.25. The van der Waals surface area contributed by atoms with E-state index in [2.05, 4.69) is 10.6 Å². The fourth-order valence-corrected chi connectivity index (χ4v) is 3.68. The molecule has 1 saturated heterocycles. The van der Waals surface area contributed by atoms with Crippen molar-refractivity contribution in [3.05, 3.63) is 102 Å². The minimum Gasteiger partial charge on any atom is -0.315 e. The second-order valence-electron chi connectivity index (χ2n) is 7.29. The van der Waals surface area contributed by atoms with Crippen LogP contribution in [0.5, 0.6) is 0 Å². The number of carbonyl (C=O) groups excluding carboxylic acids is 4. The monoisotopic (exact) mass is 446 g/mol. The largest absolute Gasteiger partial charge is 0.326 e. The third-order valence-electron chi connectivity index (χ3n) is 5.20. The van der Waals surface area contributed by atoms with Gasteiger partial charge in [-0.05, 0) is 23.3 Å². The number of imide groups is 2. The number of hydrogen-bond donors (Lipinski definition) is 3. The van der Waals surface area contributed by atoms with Crippen LogP contribution in [0.3, 0.4) is 0 Å². The summed E-state index contributed by atoms with van der Waals surface area (Å²) in [4.78, 5) is 51.5. The van der Waals surface area contributed by atoms with Crippen molar-refractivity contribution in [3.8, 4) is 0 Å². The molecule has 1 aliphatic rings. The average Bonchev–Trinajstić information content (AvgIpc) is 3.07. The molecule has 3 N–H and O–H groups in total. The molecule has 166 valence electrons. The van der Waals surface area contributed by atoms with Gasteiger partial charge >= 0.3 is 12.1 Å². The van der Waals surface area contributed by atoms with Crippen LogP contribution >= 0.6 is 0 Å². The van der Waals surface area contributed by atoms with Gasteiger partial charge in [-0.25, -0.2) is 14.0 Å². The molecule has 0 saturated carbocycles. The second kappa shape index (κ2) is 8.91. The molecule has 8 nitrogen and oxygen atoms in total. The van der Waals surface area contributed by atoms with E-state index in [1.54, 1.807) is 60.7 Å². The highest BCUT2D eigenvalue weighted by Crippen LogP contribution is 2.35. The van der Waals surface area contributed by atoms with Crippen molar-refractivity contribution >= 4 is 29.6 Å². The molecule has 1 aliphatic heterocycles. The summed E-state index contributed by atoms with van der Waals surface area (Å²) in [6.07, 6.45) is 0. The number of amides is 6. The van der Waals surface area contributed by atoms with E-state index < -0.39 is 41.8 Å². The van der Waals surface area contributed by atoms with Crippen LogP contribution in [0, 0.1) is 5.82 Å². The molecule has 0 radical (unpaired) electrons. The quantitative estimate of drug-likeness (QED) is 0.524. The molecule has 6 amide bonds. The van der Waals surface area contributed by atoms with E-state index in [-0.39, 0.29) is 5.69 Å². The Hall–Kier alpha value is -4.53. The minimum atomic E-state index is -1.52. The second-order valence-corrected chi connectivity index (χ2v) is 7.29. The molecule has 1 fully saturated rings. The van der Waals surface area contributed by atoms with Gasteiger partial charge in [0.2, 0.25) is 5.91 Å². The smallest absolute Gasteiger partial charge is 0.315 e. The van der Waals surface area contributed by atoms with Crippen LogP contribution in [0.15, 0.2) is 84.9 Å². The molecule has 0 bridgehead atoms. The van der Waals surface area contributed by atoms with Crippen LogP contribution in [-0.2, 0) is 15.1 Å². The molecule has 0 atom stereocenters. The molecule has 0 spiro atoms. The molecule has 0 aliphatic carbocycles. The molecule has 3 aromatic carbocycles. The van der Waals surface area contributed by atoms with Crippen LogP contribution in [0.2, 0.25) is 0 Å². The van der Waals surface area contributed by atoms with E-state index in [0.717, 1.165) is 11.0 Å². The van der Waals surface area contributed by atoms with Crippen molar-refractivity contribution in [3.63, 3.8) is 0 Å². The van der Waals surface area contributed by atoms with Gasteiger partial charge in [0.15, 0.2) is 5.54 Å². The maximum absolute atomic E-state index is 13.7. The van der Waals surface area contributed by atoms with Gasteiger partial charge in [0.1, 0.15) is 12.4 Å². The first-order chi connectivity index (χ1) is 15.9. The first-order valence-electron chi connectivity index (χ1n) is 10.0. The van der Waals surface area contributed by atoms with E-state index in [0.29, 0.717) is 11.1 Å². The van der Waals surface area contributed by atoms with Gasteiger partial charge in [0.25, 0.3) is 5.91 Å². The Balaban J connectivity index is 1.54. The van der Waals surface area contributed by atoms with E-state index >= 15 is 0 Å². The summed E-state index contributed by atoms with van der Waals surface area (Å²) in [7, 11) is 0. The van der Waals surface area contributed by atoms with Crippen LogP contribution in [0.1, 0.15) is 11.1 Å². The first-order valence-corrected chi connectivity index (χ1v) is 10.0. The number of halogens is 1. The summed E-state index contributed by atoms with van der Waals surface area (Å²) in [6.45, 7) is -0.698. The number of benzene rings is 3. The maximum atomic E-state index is 13.7. The van der Waals surface area contributed by atoms with Crippen LogP contribution in [0.25, 0.3) is 0 Å². The lowest BCUT2D eigenvalue weighted by Gasteiger charge is -2.27. The normalized spacial score (nSPS) is 14.5. The number of nitrogens with one attached hydrogen (secondary N) is 3.